The van der Waals surface area contributed by atoms with Crippen LogP contribution in [-0.4, -0.2) is 53.3 Å². The van der Waals surface area contributed by atoms with E-state index in [4.69, 9.17) is 25.1 Å². The van der Waals surface area contributed by atoms with Gasteiger partial charge in [-0.2, -0.15) is 0 Å². The van der Waals surface area contributed by atoms with E-state index in [-0.39, 0.29) is 6.61 Å². The van der Waals surface area contributed by atoms with Crippen LogP contribution in [0.25, 0.3) is 0 Å². The van der Waals surface area contributed by atoms with E-state index in [0.29, 0.717) is 0 Å². The quantitative estimate of drug-likeness (QED) is 0.525. The first-order valence-corrected chi connectivity index (χ1v) is 5.00. The summed E-state index contributed by atoms with van der Waals surface area (Å²) in [6.07, 6.45) is -2.52. The first kappa shape index (κ1) is 11.3. The van der Waals surface area contributed by atoms with Crippen LogP contribution in [0, 0.1) is 0 Å². The zero-order chi connectivity index (χ0) is 11.2. The molecule has 0 aliphatic carbocycles. The van der Waals surface area contributed by atoms with Gasteiger partial charge in [-0.3, -0.25) is 0 Å². The van der Waals surface area contributed by atoms with Gasteiger partial charge in [-0.1, -0.05) is 0 Å². The van der Waals surface area contributed by atoms with Gasteiger partial charge >= 0.3 is 0 Å². The number of aliphatic hydroxyl groups is 2. The van der Waals surface area contributed by atoms with E-state index >= 15 is 0 Å². The van der Waals surface area contributed by atoms with Crippen molar-refractivity contribution in [3.63, 3.8) is 0 Å². The number of hydrogen-bond acceptors (Lipinski definition) is 6. The first-order valence-electron chi connectivity index (χ1n) is 5.00. The van der Waals surface area contributed by atoms with Crippen molar-refractivity contribution in [1.82, 2.24) is 0 Å². The van der Waals surface area contributed by atoms with Crippen molar-refractivity contribution in [3.05, 3.63) is 0 Å². The largest absolute Gasteiger partial charge is 0.395 e. The monoisotopic (exact) mass is 219 g/mol. The van der Waals surface area contributed by atoms with E-state index in [1.54, 1.807) is 13.8 Å². The van der Waals surface area contributed by atoms with Crippen LogP contribution < -0.4 is 5.73 Å². The molecule has 2 aliphatic heterocycles. The van der Waals surface area contributed by atoms with E-state index in [1.165, 1.54) is 0 Å². The lowest BCUT2D eigenvalue weighted by Crippen LogP contribution is -2.45. The Labute approximate surface area is 87.9 Å². The summed E-state index contributed by atoms with van der Waals surface area (Å²) in [4.78, 5) is 0. The van der Waals surface area contributed by atoms with Crippen molar-refractivity contribution in [2.24, 2.45) is 5.73 Å². The smallest absolute Gasteiger partial charge is 0.184 e. The van der Waals surface area contributed by atoms with Crippen molar-refractivity contribution in [3.8, 4) is 0 Å². The third-order valence-corrected chi connectivity index (χ3v) is 2.70. The van der Waals surface area contributed by atoms with Gasteiger partial charge in [-0.25, -0.2) is 0 Å². The van der Waals surface area contributed by atoms with Gasteiger partial charge in [0.25, 0.3) is 0 Å². The molecule has 0 saturated carbocycles. The molecule has 0 bridgehead atoms. The Morgan fingerprint density at radius 1 is 1.33 bits per heavy atom. The summed E-state index contributed by atoms with van der Waals surface area (Å²) in [6.45, 7) is 3.31. The number of aliphatic hydroxyl groups excluding tert-OH is 2. The minimum Gasteiger partial charge on any atom is -0.395 e. The lowest BCUT2D eigenvalue weighted by atomic mass is 10.1. The first-order chi connectivity index (χ1) is 6.94. The molecule has 5 atom stereocenters. The topological polar surface area (TPSA) is 94.2 Å². The standard InChI is InChI=1S/C9H17NO5/c1-9(2)14-6-5(4(10)3-11)13-8(12)7(6)15-9/h4-8,11-12H,3,10H2,1-2H3/t4-,5-,6+,7+,8+/m1/s1. The number of rotatable bonds is 2. The zero-order valence-electron chi connectivity index (χ0n) is 8.79. The van der Waals surface area contributed by atoms with Gasteiger partial charge in [0.15, 0.2) is 12.1 Å². The Hall–Kier alpha value is -0.240. The molecular formula is C9H17NO5. The second-order valence-corrected chi connectivity index (χ2v) is 4.40. The van der Waals surface area contributed by atoms with E-state index in [1.807, 2.05) is 0 Å². The van der Waals surface area contributed by atoms with Crippen molar-refractivity contribution in [1.29, 1.82) is 0 Å². The molecule has 2 saturated heterocycles. The summed E-state index contributed by atoms with van der Waals surface area (Å²) in [5.74, 6) is -0.743. The molecule has 2 heterocycles. The number of nitrogens with two attached hydrogens (primary N) is 1. The van der Waals surface area contributed by atoms with E-state index in [0.717, 1.165) is 0 Å². The van der Waals surface area contributed by atoms with E-state index in [2.05, 4.69) is 0 Å². The van der Waals surface area contributed by atoms with Gasteiger partial charge in [0, 0.05) is 0 Å². The summed E-state index contributed by atoms with van der Waals surface area (Å²) in [6, 6.07) is -0.577. The lowest BCUT2D eigenvalue weighted by Gasteiger charge is -2.25. The van der Waals surface area contributed by atoms with Gasteiger partial charge in [0.05, 0.1) is 12.6 Å². The summed E-state index contributed by atoms with van der Waals surface area (Å²) >= 11 is 0. The fraction of sp³-hybridized carbons (Fsp3) is 1.00. The van der Waals surface area contributed by atoms with Crippen LogP contribution in [0.15, 0.2) is 0 Å². The molecule has 88 valence electrons. The average Bonchev–Trinajstić information content (AvgIpc) is 2.61. The fourth-order valence-electron chi connectivity index (χ4n) is 2.06. The highest BCUT2D eigenvalue weighted by Crippen LogP contribution is 2.38. The predicted octanol–water partition coefficient (Wildman–Crippen LogP) is -1.46. The van der Waals surface area contributed by atoms with E-state index in [9.17, 15) is 5.11 Å². The molecule has 0 spiro atoms. The molecule has 0 aromatic rings. The van der Waals surface area contributed by atoms with Gasteiger partial charge in [0.2, 0.25) is 0 Å². The summed E-state index contributed by atoms with van der Waals surface area (Å²) in [7, 11) is 0. The summed E-state index contributed by atoms with van der Waals surface area (Å²) in [5, 5.41) is 18.5. The lowest BCUT2D eigenvalue weighted by molar-refractivity contribution is -0.222. The van der Waals surface area contributed by atoms with Crippen LogP contribution in [0.1, 0.15) is 13.8 Å². The second-order valence-electron chi connectivity index (χ2n) is 4.40. The maximum absolute atomic E-state index is 9.58. The SMILES string of the molecule is CC1(C)O[C@H]2[C@@H]([C@H](N)CO)O[C@H](O)[C@H]2O1. The maximum Gasteiger partial charge on any atom is 0.184 e. The average molecular weight is 219 g/mol. The van der Waals surface area contributed by atoms with Crippen LogP contribution in [0.5, 0.6) is 0 Å². The maximum atomic E-state index is 9.58. The number of ether oxygens (including phenoxy) is 3. The zero-order valence-corrected chi connectivity index (χ0v) is 8.79. The van der Waals surface area contributed by atoms with Crippen molar-refractivity contribution in [2.75, 3.05) is 6.61 Å². The molecule has 0 radical (unpaired) electrons. The van der Waals surface area contributed by atoms with Gasteiger partial charge in [-0.05, 0) is 13.8 Å². The van der Waals surface area contributed by atoms with Gasteiger partial charge in [0.1, 0.15) is 18.3 Å². The molecule has 4 N–H and O–H groups in total. The minimum absolute atomic E-state index is 0.218. The number of fused-ring (bicyclic) bond motifs is 1. The highest BCUT2D eigenvalue weighted by atomic mass is 16.8. The van der Waals surface area contributed by atoms with Gasteiger partial charge < -0.3 is 30.2 Å². The predicted molar refractivity (Wildman–Crippen MR) is 49.8 cm³/mol. The Kier molecular flexibility index (Phi) is 2.74. The summed E-state index contributed by atoms with van der Waals surface area (Å²) in [5.41, 5.74) is 5.66. The molecule has 0 aromatic carbocycles. The van der Waals surface area contributed by atoms with Crippen molar-refractivity contribution >= 4 is 0 Å². The molecule has 0 unspecified atom stereocenters. The molecule has 6 heteroatoms. The Bertz CT molecular complexity index is 247. The molecule has 15 heavy (non-hydrogen) atoms. The van der Waals surface area contributed by atoms with Crippen LogP contribution in [0.4, 0.5) is 0 Å². The fourth-order valence-corrected chi connectivity index (χ4v) is 2.06. The molecule has 2 fully saturated rings. The third-order valence-electron chi connectivity index (χ3n) is 2.70. The Morgan fingerprint density at radius 3 is 2.53 bits per heavy atom. The van der Waals surface area contributed by atoms with E-state index < -0.39 is 36.4 Å². The van der Waals surface area contributed by atoms with Crippen molar-refractivity contribution < 1.29 is 24.4 Å². The van der Waals surface area contributed by atoms with Crippen LogP contribution in [-0.2, 0) is 14.2 Å². The van der Waals surface area contributed by atoms with Crippen LogP contribution in [0.3, 0.4) is 0 Å². The Balaban J connectivity index is 2.12. The highest BCUT2D eigenvalue weighted by molar-refractivity contribution is 4.98. The van der Waals surface area contributed by atoms with Crippen LogP contribution >= 0.6 is 0 Å². The molecule has 6 nitrogen and oxygen atoms in total. The van der Waals surface area contributed by atoms with Crippen molar-refractivity contribution in [2.45, 2.75) is 50.3 Å². The Morgan fingerprint density at radius 2 is 1.93 bits per heavy atom. The normalized spacial score (nSPS) is 45.4. The number of hydrogen-bond donors (Lipinski definition) is 3. The molecule has 0 amide bonds. The molecular weight excluding hydrogens is 202 g/mol. The highest BCUT2D eigenvalue weighted by Gasteiger charge is 2.56. The molecule has 0 aromatic heterocycles. The minimum atomic E-state index is -1.04. The van der Waals surface area contributed by atoms with Crippen LogP contribution in [0.2, 0.25) is 0 Å². The molecule has 2 rings (SSSR count). The third kappa shape index (κ3) is 1.89. The molecule has 2 aliphatic rings. The second kappa shape index (κ2) is 3.65. The summed E-state index contributed by atoms with van der Waals surface area (Å²) < 4.78 is 16.3. The van der Waals surface area contributed by atoms with Gasteiger partial charge in [-0.15, -0.1) is 0 Å².